The third kappa shape index (κ3) is 6.40. The molecule has 7 nitrogen and oxygen atoms in total. The summed E-state index contributed by atoms with van der Waals surface area (Å²) in [6, 6.07) is 11.5. The number of carbonyl (C=O) groups is 1. The molecule has 1 aromatic heterocycles. The molecule has 1 amide bonds. The fraction of sp³-hybridized carbons (Fsp3) is 0.292. The first-order valence-electron chi connectivity index (χ1n) is 10.9. The van der Waals surface area contributed by atoms with Crippen molar-refractivity contribution >= 4 is 33.3 Å². The van der Waals surface area contributed by atoms with E-state index in [1.807, 2.05) is 0 Å². The normalized spacial score (nSPS) is 12.9. The highest BCUT2D eigenvalue weighted by atomic mass is 35.5. The van der Waals surface area contributed by atoms with Gasteiger partial charge >= 0.3 is 6.18 Å². The van der Waals surface area contributed by atoms with Crippen LogP contribution in [0, 0.1) is 6.92 Å². The first kappa shape index (κ1) is 27.6. The van der Waals surface area contributed by atoms with Crippen LogP contribution in [0.5, 0.6) is 0 Å². The summed E-state index contributed by atoms with van der Waals surface area (Å²) in [5.41, 5.74) is 5.28. The van der Waals surface area contributed by atoms with E-state index in [9.17, 15) is 26.4 Å². The minimum Gasteiger partial charge on any atom is -0.385 e. The molecule has 3 rings (SSSR count). The molecule has 0 saturated carbocycles. The maximum Gasteiger partial charge on any atom is 0.416 e. The molecule has 0 fully saturated rings. The molecule has 0 radical (unpaired) electrons. The Hall–Kier alpha value is -3.02. The first-order valence-corrected chi connectivity index (χ1v) is 12.8. The second kappa shape index (κ2) is 10.9. The minimum atomic E-state index is -4.60. The number of aromatic nitrogens is 1. The monoisotopic (exact) mass is 542 g/mol. The molecule has 0 bridgehead atoms. The van der Waals surface area contributed by atoms with Gasteiger partial charge in [-0.25, -0.2) is 8.42 Å². The van der Waals surface area contributed by atoms with Crippen molar-refractivity contribution in [2.24, 2.45) is 0 Å². The summed E-state index contributed by atoms with van der Waals surface area (Å²) in [6.45, 7) is 1.38. The number of halogens is 4. The Morgan fingerprint density at radius 1 is 1.14 bits per heavy atom. The van der Waals surface area contributed by atoms with Crippen molar-refractivity contribution in [2.75, 3.05) is 12.8 Å². The second-order valence-electron chi connectivity index (χ2n) is 8.32. The van der Waals surface area contributed by atoms with Gasteiger partial charge in [0.25, 0.3) is 0 Å². The lowest BCUT2D eigenvalue weighted by Crippen LogP contribution is -2.47. The second-order valence-corrected chi connectivity index (χ2v) is 10.4. The van der Waals surface area contributed by atoms with Crippen molar-refractivity contribution in [2.45, 2.75) is 43.5 Å². The summed E-state index contributed by atoms with van der Waals surface area (Å²) in [7, 11) is -2.93. The van der Waals surface area contributed by atoms with Crippen LogP contribution in [0.4, 0.5) is 19.0 Å². The topological polar surface area (TPSA) is 97.4 Å². The van der Waals surface area contributed by atoms with Gasteiger partial charge in [0, 0.05) is 26.3 Å². The third-order valence-electron chi connectivity index (χ3n) is 5.66. The number of likely N-dealkylation sites (N-methyl/N-ethyl adjacent to an activating group) is 1. The van der Waals surface area contributed by atoms with Gasteiger partial charge in [0.1, 0.15) is 16.8 Å². The van der Waals surface area contributed by atoms with Gasteiger partial charge in [-0.2, -0.15) is 17.9 Å². The Bertz CT molecular complexity index is 1320. The zero-order valence-corrected chi connectivity index (χ0v) is 21.2. The minimum absolute atomic E-state index is 0.00823. The van der Waals surface area contributed by atoms with Crippen LogP contribution >= 0.6 is 11.6 Å². The molecule has 0 aliphatic heterocycles. The molecular weight excluding hydrogens is 517 g/mol. The van der Waals surface area contributed by atoms with E-state index in [0.717, 1.165) is 11.0 Å². The summed E-state index contributed by atoms with van der Waals surface area (Å²) < 4.78 is 70.8. The number of carbonyl (C=O) groups excluding carboxylic acids is 1. The number of nitrogens with one attached hydrogen (secondary N) is 1. The van der Waals surface area contributed by atoms with E-state index in [1.165, 1.54) is 31.3 Å². The van der Waals surface area contributed by atoms with Crippen LogP contribution in [0.25, 0.3) is 0 Å². The molecule has 36 heavy (non-hydrogen) atoms. The Morgan fingerprint density at radius 3 is 2.44 bits per heavy atom. The van der Waals surface area contributed by atoms with Crippen LogP contribution in [0.15, 0.2) is 65.7 Å². The number of benzene rings is 2. The highest BCUT2D eigenvalue weighted by molar-refractivity contribution is 7.89. The quantitative estimate of drug-likeness (QED) is 0.417. The molecule has 0 aliphatic rings. The van der Waals surface area contributed by atoms with Crippen LogP contribution in [0.2, 0.25) is 5.02 Å². The largest absolute Gasteiger partial charge is 0.416 e. The number of nitrogens with zero attached hydrogens (tertiary/aromatic N) is 2. The summed E-state index contributed by atoms with van der Waals surface area (Å²) >= 11 is 6.14. The van der Waals surface area contributed by atoms with Crippen LogP contribution in [0.3, 0.4) is 0 Å². The predicted octanol–water partition coefficient (Wildman–Crippen LogP) is 4.45. The van der Waals surface area contributed by atoms with Crippen LogP contribution in [-0.2, 0) is 34.1 Å². The van der Waals surface area contributed by atoms with E-state index in [1.54, 1.807) is 42.0 Å². The van der Waals surface area contributed by atoms with Crippen LogP contribution in [-0.4, -0.2) is 36.9 Å². The third-order valence-corrected chi connectivity index (χ3v) is 7.76. The maximum atomic E-state index is 13.4. The molecule has 2 aromatic carbocycles. The fourth-order valence-corrected chi connectivity index (χ4v) is 5.92. The molecule has 194 valence electrons. The highest BCUT2D eigenvalue weighted by Gasteiger charge is 2.34. The molecule has 12 heteroatoms. The van der Waals surface area contributed by atoms with E-state index in [2.05, 4.69) is 4.72 Å². The average Bonchev–Trinajstić information content (AvgIpc) is 3.20. The zero-order chi connectivity index (χ0) is 26.7. The Morgan fingerprint density at radius 2 is 1.83 bits per heavy atom. The molecule has 0 spiro atoms. The lowest BCUT2D eigenvalue weighted by Gasteiger charge is -2.26. The van der Waals surface area contributed by atoms with Gasteiger partial charge < -0.3 is 15.2 Å². The van der Waals surface area contributed by atoms with Crippen LogP contribution < -0.4 is 10.5 Å². The van der Waals surface area contributed by atoms with E-state index in [-0.39, 0.29) is 35.0 Å². The molecule has 0 saturated heterocycles. The number of alkyl halides is 3. The van der Waals surface area contributed by atoms with Crippen molar-refractivity contribution < 1.29 is 26.4 Å². The van der Waals surface area contributed by atoms with E-state index >= 15 is 0 Å². The summed E-state index contributed by atoms with van der Waals surface area (Å²) in [4.78, 5) is 14.3. The number of hydrogen-bond acceptors (Lipinski definition) is 4. The number of nitrogens with two attached hydrogens (primary N) is 1. The molecule has 1 heterocycles. The number of nitrogen functional groups attached to an aromatic ring is 1. The number of hydrogen-bond donors (Lipinski definition) is 2. The first-order chi connectivity index (χ1) is 16.8. The van der Waals surface area contributed by atoms with Crippen molar-refractivity contribution in [3.8, 4) is 0 Å². The van der Waals surface area contributed by atoms with Crippen molar-refractivity contribution in [1.29, 1.82) is 0 Å². The van der Waals surface area contributed by atoms with Gasteiger partial charge in [0.2, 0.25) is 15.9 Å². The van der Waals surface area contributed by atoms with Gasteiger partial charge in [-0.05, 0) is 48.7 Å². The number of anilines is 1. The van der Waals surface area contributed by atoms with Crippen molar-refractivity contribution in [3.63, 3.8) is 0 Å². The van der Waals surface area contributed by atoms with Crippen molar-refractivity contribution in [1.82, 2.24) is 14.2 Å². The molecular formula is C24H26ClF3N4O3S. The van der Waals surface area contributed by atoms with E-state index in [4.69, 9.17) is 17.3 Å². The van der Waals surface area contributed by atoms with Gasteiger partial charge in [-0.1, -0.05) is 41.9 Å². The molecule has 1 atom stereocenters. The number of amides is 1. The lowest BCUT2D eigenvalue weighted by molar-refractivity contribution is -0.139. The number of sulfonamides is 1. The van der Waals surface area contributed by atoms with Crippen molar-refractivity contribution in [3.05, 3.63) is 82.5 Å². The lowest BCUT2D eigenvalue weighted by atomic mass is 10.1. The van der Waals surface area contributed by atoms with Gasteiger partial charge in [-0.3, -0.25) is 4.79 Å². The summed E-state index contributed by atoms with van der Waals surface area (Å²) in [5.74, 6) is -0.288. The number of rotatable bonds is 9. The van der Waals surface area contributed by atoms with Gasteiger partial charge in [0.05, 0.1) is 10.6 Å². The standard InChI is InChI=1S/C24H26ClF3N4O3S/c1-16-7-5-10-19(25)22(16)36(34,35)30-20(12-14-32-13-6-11-21(32)29)23(33)31(2)15-17-8-3-4-9-18(17)24(26,27)28/h3-11,13,20,30H,12,14-15,29H2,1-2H3. The molecule has 0 aliphatic carbocycles. The maximum absolute atomic E-state index is 13.4. The SMILES string of the molecule is Cc1cccc(Cl)c1S(=O)(=O)NC(CCn1cccc1N)C(=O)N(C)Cc1ccccc1C(F)(F)F. The van der Waals surface area contributed by atoms with Gasteiger partial charge in [0.15, 0.2) is 0 Å². The smallest absolute Gasteiger partial charge is 0.385 e. The molecule has 3 aromatic rings. The van der Waals surface area contributed by atoms with E-state index < -0.39 is 33.7 Å². The van der Waals surface area contributed by atoms with Crippen LogP contribution in [0.1, 0.15) is 23.1 Å². The highest BCUT2D eigenvalue weighted by Crippen LogP contribution is 2.32. The summed E-state index contributed by atoms with van der Waals surface area (Å²) in [6.07, 6.45) is -2.94. The molecule has 1 unspecified atom stereocenters. The predicted molar refractivity (Wildman–Crippen MR) is 132 cm³/mol. The zero-order valence-electron chi connectivity index (χ0n) is 19.6. The Kier molecular flexibility index (Phi) is 8.37. The Balaban J connectivity index is 1.90. The molecule has 3 N–H and O–H groups in total. The average molecular weight is 543 g/mol. The van der Waals surface area contributed by atoms with Gasteiger partial charge in [-0.15, -0.1) is 0 Å². The number of aryl methyl sites for hydroxylation is 2. The fourth-order valence-electron chi connectivity index (χ4n) is 3.87. The van der Waals surface area contributed by atoms with E-state index in [0.29, 0.717) is 11.4 Å². The summed E-state index contributed by atoms with van der Waals surface area (Å²) in [5, 5.41) is -0.0178. The Labute approximate surface area is 212 Å².